The normalized spacial score (nSPS) is 27.1. The summed E-state index contributed by atoms with van der Waals surface area (Å²) in [6, 6.07) is 2.08. The molecule has 0 aromatic rings. The zero-order valence-corrected chi connectivity index (χ0v) is 10.9. The molecule has 0 saturated heterocycles. The van der Waals surface area contributed by atoms with Gasteiger partial charge in [0.05, 0.1) is 12.0 Å². The molecular weight excluding hydrogens is 222 g/mol. The highest BCUT2D eigenvalue weighted by atomic mass is 32.2. The first-order valence-electron chi connectivity index (χ1n) is 5.19. The minimum atomic E-state index is -0.147. The molecule has 0 aliphatic heterocycles. The number of nitriles is 1. The zero-order chi connectivity index (χ0) is 12.3. The van der Waals surface area contributed by atoms with E-state index in [0.717, 1.165) is 0 Å². The Morgan fingerprint density at radius 3 is 2.75 bits per heavy atom. The molecule has 4 heteroatoms. The average Bonchev–Trinajstić information content (AvgIpc) is 2.77. The predicted molar refractivity (Wildman–Crippen MR) is 64.6 cm³/mol. The molecule has 0 aromatic heterocycles. The van der Waals surface area contributed by atoms with Gasteiger partial charge in [-0.3, -0.25) is 4.79 Å². The fourth-order valence-corrected chi connectivity index (χ4v) is 2.19. The van der Waals surface area contributed by atoms with Gasteiger partial charge in [-0.2, -0.15) is 5.26 Å². The molecule has 1 fully saturated rings. The molecule has 0 heterocycles. The van der Waals surface area contributed by atoms with Crippen LogP contribution in [0.4, 0.5) is 0 Å². The van der Waals surface area contributed by atoms with Crippen molar-refractivity contribution in [3.63, 3.8) is 0 Å². The van der Waals surface area contributed by atoms with E-state index in [-0.39, 0.29) is 23.2 Å². The Bertz CT molecular complexity index is 355. The van der Waals surface area contributed by atoms with Gasteiger partial charge in [-0.05, 0) is 24.5 Å². The number of carbonyl (C=O) groups is 1. The van der Waals surface area contributed by atoms with Crippen LogP contribution in [0.3, 0.4) is 0 Å². The van der Waals surface area contributed by atoms with Gasteiger partial charge in [-0.25, -0.2) is 0 Å². The lowest BCUT2D eigenvalue weighted by atomic mass is 10.1. The van der Waals surface area contributed by atoms with E-state index in [1.807, 2.05) is 26.2 Å². The molecule has 3 nitrogen and oxygen atoms in total. The summed E-state index contributed by atoms with van der Waals surface area (Å²) in [5.74, 6) is 0.301. The smallest absolute Gasteiger partial charge is 0.310 e. The molecule has 0 bridgehead atoms. The number of hydrogen-bond acceptors (Lipinski definition) is 4. The van der Waals surface area contributed by atoms with Gasteiger partial charge in [-0.1, -0.05) is 19.9 Å². The number of thioether (sulfide) groups is 1. The molecule has 2 unspecified atom stereocenters. The monoisotopic (exact) mass is 239 g/mol. The van der Waals surface area contributed by atoms with Crippen LogP contribution in [0.15, 0.2) is 11.6 Å². The molecule has 1 rings (SSSR count). The van der Waals surface area contributed by atoms with Crippen molar-refractivity contribution in [2.75, 3.05) is 12.2 Å². The highest BCUT2D eigenvalue weighted by Crippen LogP contribution is 2.59. The maximum absolute atomic E-state index is 11.7. The predicted octanol–water partition coefficient (Wildman–Crippen LogP) is 2.59. The van der Waals surface area contributed by atoms with Gasteiger partial charge in [0, 0.05) is 5.57 Å². The summed E-state index contributed by atoms with van der Waals surface area (Å²) in [6.45, 7) is 5.83. The van der Waals surface area contributed by atoms with E-state index in [2.05, 4.69) is 6.07 Å². The Kier molecular flexibility index (Phi) is 4.03. The van der Waals surface area contributed by atoms with Crippen molar-refractivity contribution < 1.29 is 9.53 Å². The molecule has 0 aromatic carbocycles. The van der Waals surface area contributed by atoms with Crippen LogP contribution in [0.1, 0.15) is 20.8 Å². The lowest BCUT2D eigenvalue weighted by Crippen LogP contribution is -2.10. The zero-order valence-electron chi connectivity index (χ0n) is 10.1. The van der Waals surface area contributed by atoms with Crippen LogP contribution < -0.4 is 0 Å². The van der Waals surface area contributed by atoms with Gasteiger partial charge in [0.2, 0.25) is 0 Å². The van der Waals surface area contributed by atoms with Crippen LogP contribution in [-0.4, -0.2) is 18.2 Å². The number of hydrogen-bond donors (Lipinski definition) is 0. The third-order valence-electron chi connectivity index (χ3n) is 3.09. The molecule has 0 spiro atoms. The lowest BCUT2D eigenvalue weighted by molar-refractivity contribution is -0.143. The van der Waals surface area contributed by atoms with Crippen LogP contribution in [0.5, 0.6) is 0 Å². The maximum Gasteiger partial charge on any atom is 0.310 e. The van der Waals surface area contributed by atoms with E-state index in [4.69, 9.17) is 10.00 Å². The molecule has 1 aliphatic carbocycles. The molecule has 16 heavy (non-hydrogen) atoms. The first kappa shape index (κ1) is 13.1. The number of rotatable bonds is 4. The third kappa shape index (κ3) is 2.59. The van der Waals surface area contributed by atoms with E-state index >= 15 is 0 Å². The van der Waals surface area contributed by atoms with Gasteiger partial charge < -0.3 is 4.74 Å². The second-order valence-corrected chi connectivity index (χ2v) is 5.47. The van der Waals surface area contributed by atoms with Gasteiger partial charge >= 0.3 is 5.97 Å². The summed E-state index contributed by atoms with van der Waals surface area (Å²) in [5.41, 5.74) is 0.589. The molecule has 0 N–H and O–H groups in total. The number of esters is 1. The van der Waals surface area contributed by atoms with Crippen molar-refractivity contribution in [3.8, 4) is 6.07 Å². The molecule has 1 aliphatic rings. The number of allylic oxidation sites excluding steroid dienone is 2. The van der Waals surface area contributed by atoms with Crippen molar-refractivity contribution in [3.05, 3.63) is 11.6 Å². The SMILES string of the molecule is CSCOC(=O)C1C(/C=C(\C)C#N)C1(C)C. The van der Waals surface area contributed by atoms with Crippen LogP contribution in [0, 0.1) is 28.6 Å². The second kappa shape index (κ2) is 4.92. The summed E-state index contributed by atoms with van der Waals surface area (Å²) in [5, 5.41) is 8.71. The number of ether oxygens (including phenoxy) is 1. The Morgan fingerprint density at radius 1 is 1.62 bits per heavy atom. The highest BCUT2D eigenvalue weighted by Gasteiger charge is 2.61. The van der Waals surface area contributed by atoms with Crippen LogP contribution in [0.25, 0.3) is 0 Å². The quantitative estimate of drug-likeness (QED) is 0.430. The van der Waals surface area contributed by atoms with Gasteiger partial charge in [-0.15, -0.1) is 11.8 Å². The minimum absolute atomic E-state index is 0.0758. The topological polar surface area (TPSA) is 50.1 Å². The Hall–Kier alpha value is -0.950. The molecule has 0 radical (unpaired) electrons. The van der Waals surface area contributed by atoms with E-state index in [1.54, 1.807) is 6.92 Å². The summed E-state index contributed by atoms with van der Waals surface area (Å²) in [4.78, 5) is 11.7. The number of nitrogens with zero attached hydrogens (tertiary/aromatic N) is 1. The lowest BCUT2D eigenvalue weighted by Gasteiger charge is -2.02. The summed E-state index contributed by atoms with van der Waals surface area (Å²) < 4.78 is 5.11. The van der Waals surface area contributed by atoms with Crippen LogP contribution in [-0.2, 0) is 9.53 Å². The van der Waals surface area contributed by atoms with Crippen molar-refractivity contribution in [2.45, 2.75) is 20.8 Å². The van der Waals surface area contributed by atoms with E-state index in [1.165, 1.54) is 11.8 Å². The molecule has 1 saturated carbocycles. The first-order valence-corrected chi connectivity index (χ1v) is 6.58. The fourth-order valence-electron chi connectivity index (χ4n) is 1.95. The van der Waals surface area contributed by atoms with Gasteiger partial charge in [0.25, 0.3) is 0 Å². The number of carbonyl (C=O) groups excluding carboxylic acids is 1. The van der Waals surface area contributed by atoms with Crippen molar-refractivity contribution in [1.29, 1.82) is 5.26 Å². The summed E-state index contributed by atoms with van der Waals surface area (Å²) in [7, 11) is 0. The minimum Gasteiger partial charge on any atom is -0.454 e. The van der Waals surface area contributed by atoms with Crippen LogP contribution in [0.2, 0.25) is 0 Å². The first-order chi connectivity index (χ1) is 7.45. The standard InChI is InChI=1S/C12H17NO2S/c1-8(6-13)5-9-10(12(9,2)3)11(14)15-7-16-4/h5,9-10H,7H2,1-4H3/b8-5+. The highest BCUT2D eigenvalue weighted by molar-refractivity contribution is 7.98. The molecular formula is C12H17NO2S. The maximum atomic E-state index is 11.7. The Balaban J connectivity index is 2.64. The Morgan fingerprint density at radius 2 is 2.25 bits per heavy atom. The van der Waals surface area contributed by atoms with Crippen molar-refractivity contribution in [1.82, 2.24) is 0 Å². The van der Waals surface area contributed by atoms with E-state index in [0.29, 0.717) is 11.5 Å². The summed E-state index contributed by atoms with van der Waals surface area (Å²) in [6.07, 6.45) is 3.77. The van der Waals surface area contributed by atoms with Crippen LogP contribution >= 0.6 is 11.8 Å². The largest absolute Gasteiger partial charge is 0.454 e. The van der Waals surface area contributed by atoms with Crippen molar-refractivity contribution >= 4 is 17.7 Å². The Labute approximate surface area is 101 Å². The fraction of sp³-hybridized carbons (Fsp3) is 0.667. The van der Waals surface area contributed by atoms with Crippen molar-refractivity contribution in [2.24, 2.45) is 17.3 Å². The molecule has 2 atom stereocenters. The third-order valence-corrected chi connectivity index (χ3v) is 3.44. The average molecular weight is 239 g/mol. The van der Waals surface area contributed by atoms with E-state index in [9.17, 15) is 4.79 Å². The second-order valence-electron chi connectivity index (χ2n) is 4.66. The summed E-state index contributed by atoms with van der Waals surface area (Å²) >= 11 is 1.48. The van der Waals surface area contributed by atoms with Gasteiger partial charge in [0.1, 0.15) is 5.94 Å². The molecule has 0 amide bonds. The van der Waals surface area contributed by atoms with Gasteiger partial charge in [0.15, 0.2) is 0 Å². The molecule has 88 valence electrons. The van der Waals surface area contributed by atoms with E-state index < -0.39 is 0 Å².